The van der Waals surface area contributed by atoms with Gasteiger partial charge in [-0.2, -0.15) is 0 Å². The second-order valence-electron chi connectivity index (χ2n) is 9.16. The molecule has 0 aliphatic heterocycles. The lowest BCUT2D eigenvalue weighted by Crippen LogP contribution is -2.23. The molecule has 6 nitrogen and oxygen atoms in total. The van der Waals surface area contributed by atoms with Crippen molar-refractivity contribution in [2.45, 2.75) is 33.6 Å². The monoisotopic (exact) mass is 531 g/mol. The summed E-state index contributed by atoms with van der Waals surface area (Å²) in [6.07, 6.45) is 5.42. The number of aromatic nitrogens is 2. The van der Waals surface area contributed by atoms with Crippen molar-refractivity contribution in [3.05, 3.63) is 89.5 Å². The summed E-state index contributed by atoms with van der Waals surface area (Å²) in [6, 6.07) is 16.3. The van der Waals surface area contributed by atoms with Gasteiger partial charge < -0.3 is 15.2 Å². The summed E-state index contributed by atoms with van der Waals surface area (Å²) in [6.45, 7) is 6.46. The van der Waals surface area contributed by atoms with Gasteiger partial charge in [0, 0.05) is 65.6 Å². The Morgan fingerprint density at radius 2 is 1.89 bits per heavy atom. The molecule has 4 rings (SSSR count). The number of rotatable bonds is 10. The zero-order chi connectivity index (χ0) is 27.3. The van der Waals surface area contributed by atoms with Gasteiger partial charge in [-0.25, -0.2) is 4.39 Å². The van der Waals surface area contributed by atoms with E-state index in [0.29, 0.717) is 36.5 Å². The number of pyridine rings is 2. The fourth-order valence-electron chi connectivity index (χ4n) is 4.68. The molecule has 198 valence electrons. The number of hydrogen-bond acceptors (Lipinski definition) is 5. The SMILES string of the molecule is C/C=C(\NCCc1cc(P(N)(=O)CC)c(CC)c(-c2ccc(F)cc2)n1)c1cc(NC)c2ncccc2c1. The van der Waals surface area contributed by atoms with Crippen molar-refractivity contribution in [3.63, 3.8) is 0 Å². The molecule has 0 bridgehead atoms. The molecule has 38 heavy (non-hydrogen) atoms. The minimum atomic E-state index is -3.06. The summed E-state index contributed by atoms with van der Waals surface area (Å²) in [5.74, 6) is -0.310. The zero-order valence-corrected chi connectivity index (χ0v) is 23.3. The van der Waals surface area contributed by atoms with Crippen molar-refractivity contribution in [2.24, 2.45) is 5.50 Å². The molecule has 0 saturated heterocycles. The maximum absolute atomic E-state index is 13.6. The van der Waals surface area contributed by atoms with Crippen LogP contribution in [0.5, 0.6) is 0 Å². The predicted molar refractivity (Wildman–Crippen MR) is 158 cm³/mol. The lowest BCUT2D eigenvalue weighted by molar-refractivity contribution is 0.582. The first-order chi connectivity index (χ1) is 18.3. The van der Waals surface area contributed by atoms with Crippen LogP contribution in [0.25, 0.3) is 27.9 Å². The third-order valence-electron chi connectivity index (χ3n) is 6.77. The van der Waals surface area contributed by atoms with Crippen LogP contribution in [0.2, 0.25) is 0 Å². The molecule has 0 spiro atoms. The average molecular weight is 532 g/mol. The van der Waals surface area contributed by atoms with E-state index in [2.05, 4.69) is 33.8 Å². The van der Waals surface area contributed by atoms with E-state index < -0.39 is 7.29 Å². The third kappa shape index (κ3) is 5.79. The molecule has 0 aliphatic carbocycles. The Morgan fingerprint density at radius 3 is 2.55 bits per heavy atom. The minimum Gasteiger partial charge on any atom is -0.386 e. The molecular weight excluding hydrogens is 496 g/mol. The lowest BCUT2D eigenvalue weighted by Gasteiger charge is -2.20. The lowest BCUT2D eigenvalue weighted by atomic mass is 10.0. The largest absolute Gasteiger partial charge is 0.386 e. The van der Waals surface area contributed by atoms with Crippen molar-refractivity contribution in [1.29, 1.82) is 0 Å². The van der Waals surface area contributed by atoms with Crippen molar-refractivity contribution >= 4 is 34.9 Å². The molecule has 2 aromatic heterocycles. The van der Waals surface area contributed by atoms with Gasteiger partial charge in [0.25, 0.3) is 0 Å². The van der Waals surface area contributed by atoms with E-state index in [9.17, 15) is 8.96 Å². The van der Waals surface area contributed by atoms with Gasteiger partial charge in [-0.3, -0.25) is 15.5 Å². The van der Waals surface area contributed by atoms with Gasteiger partial charge in [0.15, 0.2) is 7.29 Å². The molecule has 1 atom stereocenters. The minimum absolute atomic E-state index is 0.310. The number of nitrogens with two attached hydrogens (primary N) is 1. The topological polar surface area (TPSA) is 92.9 Å². The van der Waals surface area contributed by atoms with Crippen LogP contribution < -0.4 is 21.4 Å². The summed E-state index contributed by atoms with van der Waals surface area (Å²) in [5.41, 5.74) is 13.4. The van der Waals surface area contributed by atoms with E-state index in [1.165, 1.54) is 12.1 Å². The van der Waals surface area contributed by atoms with Gasteiger partial charge in [-0.1, -0.05) is 26.0 Å². The Labute approximate surface area is 224 Å². The van der Waals surface area contributed by atoms with Crippen LogP contribution in [0.1, 0.15) is 37.6 Å². The summed E-state index contributed by atoms with van der Waals surface area (Å²) in [5, 5.41) is 8.50. The number of nitrogens with zero attached hydrogens (tertiary/aromatic N) is 2. The van der Waals surface area contributed by atoms with Gasteiger partial charge in [-0.15, -0.1) is 0 Å². The van der Waals surface area contributed by atoms with E-state index in [1.54, 1.807) is 18.3 Å². The number of anilines is 1. The number of fused-ring (bicyclic) bond motifs is 1. The van der Waals surface area contributed by atoms with Crippen LogP contribution in [0, 0.1) is 5.82 Å². The molecule has 0 saturated carbocycles. The van der Waals surface area contributed by atoms with Gasteiger partial charge in [-0.05, 0) is 67.4 Å². The predicted octanol–water partition coefficient (Wildman–Crippen LogP) is 6.12. The van der Waals surface area contributed by atoms with E-state index >= 15 is 0 Å². The number of halogens is 1. The fraction of sp³-hybridized carbons (Fsp3) is 0.267. The normalized spacial score (nSPS) is 13.4. The van der Waals surface area contributed by atoms with Crippen LogP contribution in [0.3, 0.4) is 0 Å². The molecule has 2 heterocycles. The highest BCUT2D eigenvalue weighted by molar-refractivity contribution is 7.69. The van der Waals surface area contributed by atoms with Crippen LogP contribution in [-0.4, -0.2) is 29.7 Å². The number of allylic oxidation sites excluding steroid dienone is 1. The smallest absolute Gasteiger partial charge is 0.173 e. The van der Waals surface area contributed by atoms with E-state index in [1.807, 2.05) is 46.0 Å². The Hall–Kier alpha value is -3.54. The standard InChI is InChI=1S/C30H35FN5OP/c1-5-25-28(38(32,37)7-3)19-24(36-29(25)20-10-12-23(31)13-11-20)14-16-34-26(6-2)22-17-21-9-8-15-35-30(21)27(18-22)33-4/h6,8-13,15,17-19,33-34H,5,7,14,16H2,1-4H3,(H2,32,37)/b26-6-. The molecule has 0 amide bonds. The first kappa shape index (κ1) is 27.5. The van der Waals surface area contributed by atoms with Gasteiger partial charge in [0.05, 0.1) is 16.9 Å². The number of hydrogen-bond donors (Lipinski definition) is 3. The maximum Gasteiger partial charge on any atom is 0.173 e. The van der Waals surface area contributed by atoms with Gasteiger partial charge >= 0.3 is 0 Å². The highest BCUT2D eigenvalue weighted by atomic mass is 31.2. The van der Waals surface area contributed by atoms with E-state index in [0.717, 1.165) is 44.7 Å². The van der Waals surface area contributed by atoms with Crippen LogP contribution >= 0.6 is 7.29 Å². The zero-order valence-electron chi connectivity index (χ0n) is 22.4. The molecule has 2 aromatic carbocycles. The van der Waals surface area contributed by atoms with E-state index in [-0.39, 0.29) is 5.82 Å². The van der Waals surface area contributed by atoms with Crippen LogP contribution in [0.4, 0.5) is 10.1 Å². The number of benzene rings is 2. The summed E-state index contributed by atoms with van der Waals surface area (Å²) < 4.78 is 27.0. The highest BCUT2D eigenvalue weighted by Gasteiger charge is 2.24. The Balaban J connectivity index is 1.65. The molecular formula is C30H35FN5OP. The molecule has 4 N–H and O–H groups in total. The Kier molecular flexibility index (Phi) is 8.60. The van der Waals surface area contributed by atoms with Crippen LogP contribution in [-0.2, 0) is 17.4 Å². The van der Waals surface area contributed by atoms with Crippen molar-refractivity contribution in [2.75, 3.05) is 25.1 Å². The molecule has 1 unspecified atom stereocenters. The van der Waals surface area contributed by atoms with Gasteiger partial charge in [0.1, 0.15) is 5.82 Å². The average Bonchev–Trinajstić information content (AvgIpc) is 2.94. The van der Waals surface area contributed by atoms with E-state index in [4.69, 9.17) is 10.5 Å². The summed E-state index contributed by atoms with van der Waals surface area (Å²) in [4.78, 5) is 9.44. The maximum atomic E-state index is 13.6. The first-order valence-corrected chi connectivity index (χ1v) is 14.9. The quantitative estimate of drug-likeness (QED) is 0.214. The van der Waals surface area contributed by atoms with Crippen molar-refractivity contribution < 1.29 is 8.96 Å². The fourth-order valence-corrected chi connectivity index (χ4v) is 6.10. The van der Waals surface area contributed by atoms with Crippen molar-refractivity contribution in [3.8, 4) is 11.3 Å². The van der Waals surface area contributed by atoms with Gasteiger partial charge in [0.2, 0.25) is 0 Å². The Bertz CT molecular complexity index is 1520. The second-order valence-corrected chi connectivity index (χ2v) is 11.9. The van der Waals surface area contributed by atoms with Crippen LogP contribution in [0.15, 0.2) is 66.9 Å². The van der Waals surface area contributed by atoms with Crippen molar-refractivity contribution in [1.82, 2.24) is 15.3 Å². The summed E-state index contributed by atoms with van der Waals surface area (Å²) in [7, 11) is -1.17. The number of nitrogens with one attached hydrogen (secondary N) is 2. The third-order valence-corrected chi connectivity index (χ3v) is 8.93. The molecule has 8 heteroatoms. The summed E-state index contributed by atoms with van der Waals surface area (Å²) >= 11 is 0. The highest BCUT2D eigenvalue weighted by Crippen LogP contribution is 2.38. The molecule has 0 fully saturated rings. The molecule has 0 radical (unpaired) electrons. The molecule has 4 aromatic rings. The molecule has 0 aliphatic rings. The first-order valence-electron chi connectivity index (χ1n) is 12.9. The second kappa shape index (κ2) is 11.9. The Morgan fingerprint density at radius 1 is 1.13 bits per heavy atom.